The first kappa shape index (κ1) is 18.1. The predicted molar refractivity (Wildman–Crippen MR) is 105 cm³/mol. The van der Waals surface area contributed by atoms with Gasteiger partial charge in [-0.25, -0.2) is 0 Å². The van der Waals surface area contributed by atoms with Gasteiger partial charge in [-0.15, -0.1) is 0 Å². The molecule has 3 heteroatoms. The third kappa shape index (κ3) is 3.24. The van der Waals surface area contributed by atoms with Gasteiger partial charge < -0.3 is 9.84 Å². The van der Waals surface area contributed by atoms with Crippen molar-refractivity contribution in [1.29, 1.82) is 0 Å². The quantitative estimate of drug-likeness (QED) is 0.466. The lowest BCUT2D eigenvalue weighted by atomic mass is 9.55. The molecule has 27 heavy (non-hydrogen) atoms. The molecule has 3 aliphatic rings. The van der Waals surface area contributed by atoms with E-state index >= 15 is 0 Å². The number of fused-ring (bicyclic) bond motifs is 3. The third-order valence-corrected chi connectivity index (χ3v) is 6.50. The molecule has 0 aromatic heterocycles. The molecule has 2 fully saturated rings. The number of carbonyl (C=O) groups excluding carboxylic acids is 1. The van der Waals surface area contributed by atoms with Gasteiger partial charge >= 0.3 is 5.97 Å². The molecule has 0 amide bonds. The topological polar surface area (TPSA) is 46.5 Å². The van der Waals surface area contributed by atoms with Gasteiger partial charge in [-0.1, -0.05) is 55.0 Å². The summed E-state index contributed by atoms with van der Waals surface area (Å²) in [7, 11) is 1.45. The smallest absolute Gasteiger partial charge is 0.309 e. The van der Waals surface area contributed by atoms with E-state index in [0.717, 1.165) is 48.8 Å². The van der Waals surface area contributed by atoms with Gasteiger partial charge in [0.15, 0.2) is 0 Å². The van der Waals surface area contributed by atoms with Crippen LogP contribution in [0.25, 0.3) is 0 Å². The Morgan fingerprint density at radius 3 is 2.81 bits per heavy atom. The van der Waals surface area contributed by atoms with Crippen LogP contribution in [0.5, 0.6) is 0 Å². The van der Waals surface area contributed by atoms with Crippen molar-refractivity contribution in [3.05, 3.63) is 59.2 Å². The molecule has 4 rings (SSSR count). The van der Waals surface area contributed by atoms with Crippen LogP contribution in [-0.2, 0) is 9.53 Å². The van der Waals surface area contributed by atoms with Crippen LogP contribution in [0, 0.1) is 29.6 Å². The van der Waals surface area contributed by atoms with Gasteiger partial charge in [-0.3, -0.25) is 4.79 Å². The molecule has 0 radical (unpaired) electrons. The molecule has 0 aliphatic heterocycles. The van der Waals surface area contributed by atoms with E-state index in [9.17, 15) is 9.90 Å². The zero-order chi connectivity index (χ0) is 18.9. The van der Waals surface area contributed by atoms with E-state index in [1.807, 2.05) is 30.3 Å². The van der Waals surface area contributed by atoms with Crippen LogP contribution in [0.3, 0.4) is 0 Å². The molecule has 4 atom stereocenters. The highest BCUT2D eigenvalue weighted by Crippen LogP contribution is 2.54. The number of ether oxygens (including phenoxy) is 1. The molecule has 0 unspecified atom stereocenters. The van der Waals surface area contributed by atoms with Gasteiger partial charge in [0, 0.05) is 23.0 Å². The Kier molecular flexibility index (Phi) is 4.93. The number of esters is 1. The molecule has 0 spiro atoms. The van der Waals surface area contributed by atoms with E-state index in [1.165, 1.54) is 7.11 Å². The highest BCUT2D eigenvalue weighted by Gasteiger charge is 2.55. The Bertz CT molecular complexity index is 839. The normalized spacial score (nSPS) is 32.0. The van der Waals surface area contributed by atoms with Crippen molar-refractivity contribution in [2.45, 2.75) is 44.1 Å². The van der Waals surface area contributed by atoms with Gasteiger partial charge in [0.25, 0.3) is 0 Å². The summed E-state index contributed by atoms with van der Waals surface area (Å²) >= 11 is 0. The second-order valence-electron chi connectivity index (χ2n) is 7.91. The minimum absolute atomic E-state index is 0.0291. The predicted octanol–water partition coefficient (Wildman–Crippen LogP) is 4.03. The van der Waals surface area contributed by atoms with Crippen molar-refractivity contribution in [1.82, 2.24) is 0 Å². The molecule has 0 saturated heterocycles. The van der Waals surface area contributed by atoms with Crippen LogP contribution in [-0.4, -0.2) is 23.8 Å². The minimum Gasteiger partial charge on any atom is -0.469 e. The van der Waals surface area contributed by atoms with E-state index in [2.05, 4.69) is 24.0 Å². The Morgan fingerprint density at radius 1 is 1.22 bits per heavy atom. The van der Waals surface area contributed by atoms with E-state index in [4.69, 9.17) is 4.74 Å². The second kappa shape index (κ2) is 7.37. The number of rotatable bonds is 1. The second-order valence-corrected chi connectivity index (χ2v) is 7.91. The highest BCUT2D eigenvalue weighted by atomic mass is 16.5. The van der Waals surface area contributed by atoms with Crippen molar-refractivity contribution >= 4 is 5.97 Å². The maximum Gasteiger partial charge on any atom is 0.309 e. The number of benzene rings is 1. The number of hydrogen-bond acceptors (Lipinski definition) is 3. The summed E-state index contributed by atoms with van der Waals surface area (Å²) in [6.45, 7) is 0. The molecule has 3 nitrogen and oxygen atoms in total. The molecule has 140 valence electrons. The SMILES string of the molecule is COC(=O)[C@H]1CC2=C(C#Cc3ccccc3)CC=C[C@@H]2[C@]2(O)CCCC[C@H]12. The molecule has 0 bridgehead atoms. The monoisotopic (exact) mass is 362 g/mol. The van der Waals surface area contributed by atoms with Crippen LogP contribution in [0.15, 0.2) is 53.6 Å². The maximum absolute atomic E-state index is 12.5. The van der Waals surface area contributed by atoms with Gasteiger partial charge in [-0.05, 0) is 43.4 Å². The Balaban J connectivity index is 1.75. The number of allylic oxidation sites excluding steroid dienone is 2. The van der Waals surface area contributed by atoms with Crippen LogP contribution in [0.1, 0.15) is 44.1 Å². The zero-order valence-corrected chi connectivity index (χ0v) is 15.8. The molecular formula is C24H26O3. The Morgan fingerprint density at radius 2 is 2.04 bits per heavy atom. The molecule has 1 aromatic rings. The summed E-state index contributed by atoms with van der Waals surface area (Å²) < 4.78 is 5.10. The van der Waals surface area contributed by atoms with Crippen molar-refractivity contribution in [2.24, 2.45) is 17.8 Å². The zero-order valence-electron chi connectivity index (χ0n) is 15.8. The first-order chi connectivity index (χ1) is 13.1. The number of carbonyl (C=O) groups is 1. The van der Waals surface area contributed by atoms with Gasteiger partial charge in [0.2, 0.25) is 0 Å². The van der Waals surface area contributed by atoms with Gasteiger partial charge in [0.05, 0.1) is 18.6 Å². The summed E-state index contributed by atoms with van der Waals surface area (Å²) in [6, 6.07) is 9.94. The molecule has 2 saturated carbocycles. The summed E-state index contributed by atoms with van der Waals surface area (Å²) in [5.74, 6) is 6.06. The number of aliphatic hydroxyl groups is 1. The van der Waals surface area contributed by atoms with Crippen molar-refractivity contribution in [3.63, 3.8) is 0 Å². The maximum atomic E-state index is 12.5. The first-order valence-corrected chi connectivity index (χ1v) is 9.89. The van der Waals surface area contributed by atoms with E-state index in [0.29, 0.717) is 6.42 Å². The largest absolute Gasteiger partial charge is 0.469 e. The fraction of sp³-hybridized carbons (Fsp3) is 0.458. The fourth-order valence-electron chi connectivity index (χ4n) is 5.20. The lowest BCUT2D eigenvalue weighted by Gasteiger charge is -2.52. The molecule has 3 aliphatic carbocycles. The first-order valence-electron chi connectivity index (χ1n) is 9.89. The number of hydrogen-bond donors (Lipinski definition) is 1. The van der Waals surface area contributed by atoms with Crippen molar-refractivity contribution in [3.8, 4) is 11.8 Å². The van der Waals surface area contributed by atoms with Crippen LogP contribution in [0.4, 0.5) is 0 Å². The lowest BCUT2D eigenvalue weighted by Crippen LogP contribution is -2.55. The molecule has 0 heterocycles. The van der Waals surface area contributed by atoms with Crippen LogP contribution >= 0.6 is 0 Å². The minimum atomic E-state index is -0.860. The standard InChI is InChI=1S/C24H26O3/c1-27-23(25)20-16-19-18(14-13-17-8-3-2-4-9-17)10-7-12-21(19)24(26)15-6-5-11-22(20)24/h2-4,7-9,12,20-22,26H,5-6,10-11,15-16H2,1H3/t20-,21-,22+,24+/m0/s1. The number of methoxy groups -OCH3 is 1. The average Bonchev–Trinajstić information content (AvgIpc) is 2.71. The van der Waals surface area contributed by atoms with E-state index in [-0.39, 0.29) is 23.7 Å². The third-order valence-electron chi connectivity index (χ3n) is 6.50. The van der Waals surface area contributed by atoms with Crippen LogP contribution < -0.4 is 0 Å². The Hall–Kier alpha value is -2.31. The summed E-state index contributed by atoms with van der Waals surface area (Å²) in [4.78, 5) is 12.5. The van der Waals surface area contributed by atoms with Crippen molar-refractivity contribution in [2.75, 3.05) is 7.11 Å². The van der Waals surface area contributed by atoms with Gasteiger partial charge in [-0.2, -0.15) is 0 Å². The average molecular weight is 362 g/mol. The summed E-state index contributed by atoms with van der Waals surface area (Å²) in [6.07, 6.45) is 9.38. The summed E-state index contributed by atoms with van der Waals surface area (Å²) in [5.41, 5.74) is 2.31. The van der Waals surface area contributed by atoms with Gasteiger partial charge in [0.1, 0.15) is 0 Å². The van der Waals surface area contributed by atoms with E-state index in [1.54, 1.807) is 0 Å². The lowest BCUT2D eigenvalue weighted by molar-refractivity contribution is -0.162. The van der Waals surface area contributed by atoms with Crippen LogP contribution in [0.2, 0.25) is 0 Å². The fourth-order valence-corrected chi connectivity index (χ4v) is 5.20. The summed E-state index contributed by atoms with van der Waals surface area (Å²) in [5, 5.41) is 11.7. The molecular weight excluding hydrogens is 336 g/mol. The van der Waals surface area contributed by atoms with E-state index < -0.39 is 5.60 Å². The molecule has 1 aromatic carbocycles. The highest BCUT2D eigenvalue weighted by molar-refractivity contribution is 5.74. The van der Waals surface area contributed by atoms with Crippen molar-refractivity contribution < 1.29 is 14.6 Å². The molecule has 1 N–H and O–H groups in total. The Labute approximate surface area is 161 Å².